The number of rotatable bonds is 2. The van der Waals surface area contributed by atoms with Gasteiger partial charge in [0.15, 0.2) is 0 Å². The number of carbonyl (C=O) groups excluding carboxylic acids is 2. The van der Waals surface area contributed by atoms with Gasteiger partial charge in [0, 0.05) is 0 Å². The highest BCUT2D eigenvalue weighted by Crippen LogP contribution is 2.34. The number of amides is 1. The van der Waals surface area contributed by atoms with E-state index in [0.717, 1.165) is 0 Å². The van der Waals surface area contributed by atoms with Crippen molar-refractivity contribution in [1.82, 2.24) is 5.32 Å². The highest BCUT2D eigenvalue weighted by molar-refractivity contribution is 5.89. The molecule has 0 aromatic heterocycles. The van der Waals surface area contributed by atoms with Crippen molar-refractivity contribution in [3.05, 3.63) is 34.6 Å². The Labute approximate surface area is 128 Å². The largest absolute Gasteiger partial charge is 0.465 e. The number of halogens is 1. The molecule has 1 atom stereocenters. The van der Waals surface area contributed by atoms with Crippen molar-refractivity contribution in [3.8, 4) is 0 Å². The number of fused-ring (bicyclic) bond motifs is 1. The predicted octanol–water partition coefficient (Wildman–Crippen LogP) is 3.12. The van der Waals surface area contributed by atoms with E-state index in [1.165, 1.54) is 13.2 Å². The summed E-state index contributed by atoms with van der Waals surface area (Å²) in [6.45, 7) is 5.30. The lowest BCUT2D eigenvalue weighted by Crippen LogP contribution is -2.34. The lowest BCUT2D eigenvalue weighted by molar-refractivity contribution is 0.0503. The van der Waals surface area contributed by atoms with Crippen molar-refractivity contribution in [3.63, 3.8) is 0 Å². The molecule has 1 aliphatic rings. The van der Waals surface area contributed by atoms with Crippen LogP contribution in [0.25, 0.3) is 0 Å². The van der Waals surface area contributed by atoms with Crippen LogP contribution in [0.2, 0.25) is 0 Å². The van der Waals surface area contributed by atoms with Crippen LogP contribution in [0.3, 0.4) is 0 Å². The van der Waals surface area contributed by atoms with Crippen LogP contribution in [0.5, 0.6) is 0 Å². The van der Waals surface area contributed by atoms with E-state index in [1.54, 1.807) is 26.8 Å². The lowest BCUT2D eigenvalue weighted by Gasteiger charge is -2.22. The summed E-state index contributed by atoms with van der Waals surface area (Å²) in [5.41, 5.74) is 0.654. The molecule has 2 rings (SSSR count). The summed E-state index contributed by atoms with van der Waals surface area (Å²) in [7, 11) is 1.24. The lowest BCUT2D eigenvalue weighted by atomic mass is 10.0. The molecular weight excluding hydrogens is 289 g/mol. The summed E-state index contributed by atoms with van der Waals surface area (Å²) < 4.78 is 23.9. The van der Waals surface area contributed by atoms with Crippen molar-refractivity contribution < 1.29 is 23.5 Å². The van der Waals surface area contributed by atoms with Crippen molar-refractivity contribution in [2.45, 2.75) is 45.3 Å². The van der Waals surface area contributed by atoms with Gasteiger partial charge < -0.3 is 14.8 Å². The van der Waals surface area contributed by atoms with Crippen LogP contribution in [-0.2, 0) is 15.9 Å². The third-order valence-corrected chi connectivity index (χ3v) is 3.40. The van der Waals surface area contributed by atoms with E-state index in [0.29, 0.717) is 24.0 Å². The van der Waals surface area contributed by atoms with Crippen molar-refractivity contribution in [2.24, 2.45) is 0 Å². The smallest absolute Gasteiger partial charge is 0.408 e. The Morgan fingerprint density at radius 3 is 2.59 bits per heavy atom. The van der Waals surface area contributed by atoms with Gasteiger partial charge in [0.05, 0.1) is 18.7 Å². The maximum atomic E-state index is 14.1. The summed E-state index contributed by atoms with van der Waals surface area (Å²) in [4.78, 5) is 23.4. The summed E-state index contributed by atoms with van der Waals surface area (Å²) in [6.07, 6.45) is 0.508. The first-order valence-corrected chi connectivity index (χ1v) is 7.11. The number of hydrogen-bond acceptors (Lipinski definition) is 4. The van der Waals surface area contributed by atoms with Crippen LogP contribution in [0.15, 0.2) is 12.1 Å². The SMILES string of the molecule is COC(=O)c1cc(F)c2c(c1)C(NC(=O)OC(C)(C)C)CC2. The number of hydrogen-bond donors (Lipinski definition) is 1. The minimum atomic E-state index is -0.607. The maximum absolute atomic E-state index is 14.1. The fourth-order valence-corrected chi connectivity index (χ4v) is 2.51. The van der Waals surface area contributed by atoms with Crippen molar-refractivity contribution >= 4 is 12.1 Å². The zero-order chi connectivity index (χ0) is 16.5. The van der Waals surface area contributed by atoms with Gasteiger partial charge in [-0.05, 0) is 56.9 Å². The third-order valence-electron chi connectivity index (χ3n) is 3.40. The standard InChI is InChI=1S/C16H20FNO4/c1-16(2,3)22-15(20)18-13-6-5-10-11(13)7-9(8-12(10)17)14(19)21-4/h7-8,13H,5-6H2,1-4H3,(H,18,20). The van der Waals surface area contributed by atoms with Gasteiger partial charge in [-0.25, -0.2) is 14.0 Å². The molecule has 0 spiro atoms. The molecule has 0 fully saturated rings. The van der Waals surface area contributed by atoms with Gasteiger partial charge >= 0.3 is 12.1 Å². The molecule has 0 aliphatic heterocycles. The Hall–Kier alpha value is -2.11. The first kappa shape index (κ1) is 16.3. The van der Waals surface area contributed by atoms with E-state index in [1.807, 2.05) is 0 Å². The molecule has 1 amide bonds. The molecule has 0 heterocycles. The van der Waals surface area contributed by atoms with E-state index >= 15 is 0 Å². The van der Waals surface area contributed by atoms with Crippen LogP contribution in [-0.4, -0.2) is 24.8 Å². The van der Waals surface area contributed by atoms with Crippen LogP contribution in [0.1, 0.15) is 54.7 Å². The predicted molar refractivity (Wildman–Crippen MR) is 78.2 cm³/mol. The Morgan fingerprint density at radius 2 is 2.00 bits per heavy atom. The summed E-state index contributed by atoms with van der Waals surface area (Å²) in [5, 5.41) is 2.72. The first-order chi connectivity index (χ1) is 10.2. The molecule has 1 aromatic carbocycles. The number of ether oxygens (including phenoxy) is 2. The molecule has 0 radical (unpaired) electrons. The minimum absolute atomic E-state index is 0.136. The molecule has 6 heteroatoms. The molecule has 1 N–H and O–H groups in total. The van der Waals surface area contributed by atoms with Crippen LogP contribution >= 0.6 is 0 Å². The summed E-state index contributed by atoms with van der Waals surface area (Å²) in [5.74, 6) is -1.06. The van der Waals surface area contributed by atoms with Gasteiger partial charge in [-0.3, -0.25) is 0 Å². The molecule has 1 aromatic rings. The second-order valence-electron chi connectivity index (χ2n) is 6.25. The molecule has 120 valence electrons. The van der Waals surface area contributed by atoms with Gasteiger partial charge in [0.2, 0.25) is 0 Å². The number of esters is 1. The van der Waals surface area contributed by atoms with Gasteiger partial charge in [0.25, 0.3) is 0 Å². The molecular formula is C16H20FNO4. The number of nitrogens with one attached hydrogen (secondary N) is 1. The fourth-order valence-electron chi connectivity index (χ4n) is 2.51. The van der Waals surface area contributed by atoms with E-state index in [2.05, 4.69) is 10.1 Å². The first-order valence-electron chi connectivity index (χ1n) is 7.11. The summed E-state index contributed by atoms with van der Waals surface area (Å²) >= 11 is 0. The molecule has 1 unspecified atom stereocenters. The van der Waals surface area contributed by atoms with Crippen molar-refractivity contribution in [2.75, 3.05) is 7.11 Å². The zero-order valence-electron chi connectivity index (χ0n) is 13.2. The highest BCUT2D eigenvalue weighted by Gasteiger charge is 2.29. The third kappa shape index (κ3) is 3.55. The van der Waals surface area contributed by atoms with Crippen LogP contribution < -0.4 is 5.32 Å². The minimum Gasteiger partial charge on any atom is -0.465 e. The van der Waals surface area contributed by atoms with E-state index < -0.39 is 23.5 Å². The Bertz CT molecular complexity index is 607. The topological polar surface area (TPSA) is 64.6 Å². The Morgan fingerprint density at radius 1 is 1.32 bits per heavy atom. The highest BCUT2D eigenvalue weighted by atomic mass is 19.1. The molecule has 0 saturated heterocycles. The van der Waals surface area contributed by atoms with E-state index in [4.69, 9.17) is 4.74 Å². The molecule has 5 nitrogen and oxygen atoms in total. The fraction of sp³-hybridized carbons (Fsp3) is 0.500. The van der Waals surface area contributed by atoms with Gasteiger partial charge in [0.1, 0.15) is 11.4 Å². The zero-order valence-corrected chi connectivity index (χ0v) is 13.2. The normalized spacial score (nSPS) is 16.9. The molecule has 1 aliphatic carbocycles. The summed E-state index contributed by atoms with van der Waals surface area (Å²) in [6, 6.07) is 2.36. The average Bonchev–Trinajstić information content (AvgIpc) is 2.79. The number of carbonyl (C=O) groups is 2. The monoisotopic (exact) mass is 309 g/mol. The number of methoxy groups -OCH3 is 1. The van der Waals surface area contributed by atoms with Gasteiger partial charge in [-0.2, -0.15) is 0 Å². The van der Waals surface area contributed by atoms with Gasteiger partial charge in [-0.15, -0.1) is 0 Å². The second-order valence-corrected chi connectivity index (χ2v) is 6.25. The van der Waals surface area contributed by atoms with E-state index in [9.17, 15) is 14.0 Å². The second kappa shape index (κ2) is 5.94. The van der Waals surface area contributed by atoms with E-state index in [-0.39, 0.29) is 11.6 Å². The quantitative estimate of drug-likeness (QED) is 0.853. The number of alkyl carbamates (subject to hydrolysis) is 1. The molecule has 0 bridgehead atoms. The van der Waals surface area contributed by atoms with Crippen LogP contribution in [0.4, 0.5) is 9.18 Å². The Balaban J connectivity index is 2.22. The van der Waals surface area contributed by atoms with Crippen LogP contribution in [0, 0.1) is 5.82 Å². The maximum Gasteiger partial charge on any atom is 0.408 e. The number of benzene rings is 1. The van der Waals surface area contributed by atoms with Crippen molar-refractivity contribution in [1.29, 1.82) is 0 Å². The molecule has 22 heavy (non-hydrogen) atoms. The average molecular weight is 309 g/mol. The van der Waals surface area contributed by atoms with Gasteiger partial charge in [-0.1, -0.05) is 0 Å². The Kier molecular flexibility index (Phi) is 4.39. The molecule has 0 saturated carbocycles.